The largest absolute Gasteiger partial charge is 0.323 e. The molecular weight excluding hydrogens is 202 g/mol. The summed E-state index contributed by atoms with van der Waals surface area (Å²) in [6.45, 7) is 6.39. The fraction of sp³-hybridized carbons (Fsp3) is 0.917. The van der Waals surface area contributed by atoms with Crippen LogP contribution in [0.5, 0.6) is 0 Å². The van der Waals surface area contributed by atoms with Crippen LogP contribution in [0.15, 0.2) is 0 Å². The van der Waals surface area contributed by atoms with E-state index in [0.29, 0.717) is 11.9 Å². The van der Waals surface area contributed by atoms with E-state index in [0.717, 1.165) is 32.4 Å². The molecule has 0 aromatic carbocycles. The predicted octanol–water partition coefficient (Wildman–Crippen LogP) is 0.637. The van der Waals surface area contributed by atoms with Crippen molar-refractivity contribution in [3.8, 4) is 0 Å². The molecule has 2 aliphatic heterocycles. The average molecular weight is 225 g/mol. The summed E-state index contributed by atoms with van der Waals surface area (Å²) in [5.41, 5.74) is 0. The lowest BCUT2D eigenvalue weighted by molar-refractivity contribution is -0.133. The highest BCUT2D eigenvalue weighted by Crippen LogP contribution is 2.23. The first-order chi connectivity index (χ1) is 7.63. The van der Waals surface area contributed by atoms with E-state index >= 15 is 0 Å². The fourth-order valence-corrected chi connectivity index (χ4v) is 2.88. The normalized spacial score (nSPS) is 33.7. The molecule has 16 heavy (non-hydrogen) atoms. The molecule has 0 bridgehead atoms. The molecule has 92 valence electrons. The van der Waals surface area contributed by atoms with Crippen molar-refractivity contribution in [3.63, 3.8) is 0 Å². The molecule has 2 fully saturated rings. The summed E-state index contributed by atoms with van der Waals surface area (Å²) in [7, 11) is 2.15. The van der Waals surface area contributed by atoms with Crippen molar-refractivity contribution in [2.45, 2.75) is 51.4 Å². The first-order valence-corrected chi connectivity index (χ1v) is 6.40. The number of hydrogen-bond donors (Lipinski definition) is 1. The maximum absolute atomic E-state index is 12.2. The molecule has 0 aromatic rings. The van der Waals surface area contributed by atoms with E-state index < -0.39 is 0 Å². The van der Waals surface area contributed by atoms with Crippen LogP contribution in [0, 0.1) is 0 Å². The Hall–Kier alpha value is -0.610. The topological polar surface area (TPSA) is 35.6 Å². The SMILES string of the molecule is CCC1NC(C)N(C2CCN(C)CC2)C1=O. The summed E-state index contributed by atoms with van der Waals surface area (Å²) in [5.74, 6) is 0.310. The van der Waals surface area contributed by atoms with Gasteiger partial charge in [0.15, 0.2) is 0 Å². The highest BCUT2D eigenvalue weighted by Gasteiger charge is 2.39. The van der Waals surface area contributed by atoms with Crippen LogP contribution in [0.4, 0.5) is 0 Å². The quantitative estimate of drug-likeness (QED) is 0.749. The van der Waals surface area contributed by atoms with Gasteiger partial charge in [0.2, 0.25) is 5.91 Å². The van der Waals surface area contributed by atoms with Crippen molar-refractivity contribution < 1.29 is 4.79 Å². The molecule has 1 N–H and O–H groups in total. The van der Waals surface area contributed by atoms with Gasteiger partial charge in [-0.1, -0.05) is 6.92 Å². The van der Waals surface area contributed by atoms with Gasteiger partial charge in [-0.25, -0.2) is 0 Å². The number of carbonyl (C=O) groups excluding carboxylic acids is 1. The summed E-state index contributed by atoms with van der Waals surface area (Å²) < 4.78 is 0. The Morgan fingerprint density at radius 2 is 2.00 bits per heavy atom. The van der Waals surface area contributed by atoms with Crippen molar-refractivity contribution in [1.82, 2.24) is 15.1 Å². The molecular formula is C12H23N3O. The first kappa shape index (κ1) is 11.9. The van der Waals surface area contributed by atoms with Crippen molar-refractivity contribution in [2.75, 3.05) is 20.1 Å². The lowest BCUT2D eigenvalue weighted by Crippen LogP contribution is -2.48. The van der Waals surface area contributed by atoms with Crippen molar-refractivity contribution in [2.24, 2.45) is 0 Å². The first-order valence-electron chi connectivity index (χ1n) is 6.40. The molecule has 2 saturated heterocycles. The molecule has 2 atom stereocenters. The average Bonchev–Trinajstić information content (AvgIpc) is 2.56. The number of rotatable bonds is 2. The van der Waals surface area contributed by atoms with Crippen LogP contribution in [-0.4, -0.2) is 54.1 Å². The molecule has 4 heteroatoms. The Kier molecular flexibility index (Phi) is 3.50. The second kappa shape index (κ2) is 4.72. The maximum Gasteiger partial charge on any atom is 0.241 e. The van der Waals surface area contributed by atoms with Gasteiger partial charge in [-0.05, 0) is 46.3 Å². The van der Waals surface area contributed by atoms with Gasteiger partial charge in [0.1, 0.15) is 0 Å². The number of nitrogens with zero attached hydrogens (tertiary/aromatic N) is 2. The highest BCUT2D eigenvalue weighted by molar-refractivity contribution is 5.84. The van der Waals surface area contributed by atoms with Crippen LogP contribution < -0.4 is 5.32 Å². The molecule has 0 radical (unpaired) electrons. The lowest BCUT2D eigenvalue weighted by Gasteiger charge is -2.37. The van der Waals surface area contributed by atoms with Crippen LogP contribution in [0.2, 0.25) is 0 Å². The van der Waals surface area contributed by atoms with E-state index in [2.05, 4.69) is 36.0 Å². The number of likely N-dealkylation sites (tertiary alicyclic amines) is 1. The van der Waals surface area contributed by atoms with Crippen LogP contribution in [0.3, 0.4) is 0 Å². The van der Waals surface area contributed by atoms with Gasteiger partial charge in [-0.2, -0.15) is 0 Å². The Morgan fingerprint density at radius 3 is 2.50 bits per heavy atom. The summed E-state index contributed by atoms with van der Waals surface area (Å²) in [5, 5.41) is 3.37. The molecule has 0 aromatic heterocycles. The van der Waals surface area contributed by atoms with Gasteiger partial charge in [0, 0.05) is 6.04 Å². The number of nitrogens with one attached hydrogen (secondary N) is 1. The van der Waals surface area contributed by atoms with Crippen molar-refractivity contribution in [1.29, 1.82) is 0 Å². The zero-order valence-electron chi connectivity index (χ0n) is 10.6. The van der Waals surface area contributed by atoms with E-state index in [1.807, 2.05) is 0 Å². The summed E-state index contributed by atoms with van der Waals surface area (Å²) in [4.78, 5) is 16.6. The van der Waals surface area contributed by atoms with Gasteiger partial charge < -0.3 is 9.80 Å². The zero-order chi connectivity index (χ0) is 11.7. The van der Waals surface area contributed by atoms with E-state index in [-0.39, 0.29) is 12.2 Å². The van der Waals surface area contributed by atoms with Crippen molar-refractivity contribution in [3.05, 3.63) is 0 Å². The Labute approximate surface area is 98.0 Å². The third kappa shape index (κ3) is 2.09. The minimum Gasteiger partial charge on any atom is -0.323 e. The molecule has 0 spiro atoms. The van der Waals surface area contributed by atoms with E-state index in [4.69, 9.17) is 0 Å². The summed E-state index contributed by atoms with van der Waals surface area (Å²) >= 11 is 0. The molecule has 0 saturated carbocycles. The number of piperidine rings is 1. The van der Waals surface area contributed by atoms with Gasteiger partial charge in [-0.15, -0.1) is 0 Å². The van der Waals surface area contributed by atoms with Gasteiger partial charge in [0.25, 0.3) is 0 Å². The highest BCUT2D eigenvalue weighted by atomic mass is 16.2. The second-order valence-electron chi connectivity index (χ2n) is 5.08. The van der Waals surface area contributed by atoms with E-state index in [9.17, 15) is 4.79 Å². The van der Waals surface area contributed by atoms with Gasteiger partial charge in [0.05, 0.1) is 12.2 Å². The monoisotopic (exact) mass is 225 g/mol. The Bertz CT molecular complexity index is 261. The standard InChI is InChI=1S/C12H23N3O/c1-4-11-12(16)15(9(2)13-11)10-5-7-14(3)8-6-10/h9-11,13H,4-8H2,1-3H3. The second-order valence-corrected chi connectivity index (χ2v) is 5.08. The Balaban J connectivity index is 2.01. The third-order valence-corrected chi connectivity index (χ3v) is 3.90. The van der Waals surface area contributed by atoms with E-state index in [1.165, 1.54) is 0 Å². The van der Waals surface area contributed by atoms with Crippen LogP contribution in [0.1, 0.15) is 33.1 Å². The lowest BCUT2D eigenvalue weighted by atomic mass is 10.0. The van der Waals surface area contributed by atoms with Gasteiger partial charge in [-0.3, -0.25) is 10.1 Å². The molecule has 2 heterocycles. The summed E-state index contributed by atoms with van der Waals surface area (Å²) in [6, 6.07) is 0.498. The smallest absolute Gasteiger partial charge is 0.241 e. The van der Waals surface area contributed by atoms with Crippen LogP contribution in [-0.2, 0) is 4.79 Å². The maximum atomic E-state index is 12.2. The molecule has 2 unspecified atom stereocenters. The predicted molar refractivity (Wildman–Crippen MR) is 64.0 cm³/mol. The number of hydrogen-bond acceptors (Lipinski definition) is 3. The summed E-state index contributed by atoms with van der Waals surface area (Å²) in [6.07, 6.45) is 3.34. The minimum absolute atomic E-state index is 0.0506. The third-order valence-electron chi connectivity index (χ3n) is 3.90. The van der Waals surface area contributed by atoms with E-state index in [1.54, 1.807) is 0 Å². The molecule has 2 aliphatic rings. The molecule has 4 nitrogen and oxygen atoms in total. The molecule has 2 rings (SSSR count). The van der Waals surface area contributed by atoms with Crippen LogP contribution >= 0.6 is 0 Å². The number of carbonyl (C=O) groups is 1. The van der Waals surface area contributed by atoms with Gasteiger partial charge >= 0.3 is 0 Å². The molecule has 0 aliphatic carbocycles. The number of amides is 1. The minimum atomic E-state index is 0.0506. The van der Waals surface area contributed by atoms with Crippen molar-refractivity contribution >= 4 is 5.91 Å². The fourth-order valence-electron chi connectivity index (χ4n) is 2.88. The molecule has 1 amide bonds. The Morgan fingerprint density at radius 1 is 1.38 bits per heavy atom. The zero-order valence-corrected chi connectivity index (χ0v) is 10.6. The van der Waals surface area contributed by atoms with Crippen LogP contribution in [0.25, 0.3) is 0 Å².